The van der Waals surface area contributed by atoms with Crippen LogP contribution in [-0.2, 0) is 10.0 Å². The molecule has 1 heterocycles. The summed E-state index contributed by atoms with van der Waals surface area (Å²) in [7, 11) is -3.49. The van der Waals surface area contributed by atoms with Crippen LogP contribution in [0.1, 0.15) is 25.7 Å². The summed E-state index contributed by atoms with van der Waals surface area (Å²) in [6.45, 7) is 0.372. The molecule has 0 aliphatic heterocycles. The van der Waals surface area contributed by atoms with Gasteiger partial charge in [0, 0.05) is 12.5 Å². The highest BCUT2D eigenvalue weighted by atomic mass is 79.9. The molecule has 3 rings (SSSR count). The lowest BCUT2D eigenvalue weighted by Crippen LogP contribution is -2.24. The van der Waals surface area contributed by atoms with Crippen LogP contribution in [0.3, 0.4) is 0 Å². The molecule has 0 saturated heterocycles. The molecule has 22 heavy (non-hydrogen) atoms. The Balaban J connectivity index is 1.50. The molecular formula is C14H16BrFN2O2S2. The predicted molar refractivity (Wildman–Crippen MR) is 89.5 cm³/mol. The monoisotopic (exact) mass is 406 g/mol. The Kier molecular flexibility index (Phi) is 4.55. The average Bonchev–Trinajstić information content (AvgIpc) is 2.88. The van der Waals surface area contributed by atoms with Crippen LogP contribution in [0, 0.1) is 5.92 Å². The number of nitrogens with one attached hydrogen (secondary N) is 1. The Morgan fingerprint density at radius 2 is 2.23 bits per heavy atom. The molecule has 4 nitrogen and oxygen atoms in total. The van der Waals surface area contributed by atoms with Gasteiger partial charge in [0.25, 0.3) is 0 Å². The fourth-order valence-electron chi connectivity index (χ4n) is 2.39. The van der Waals surface area contributed by atoms with Crippen LogP contribution < -0.4 is 4.72 Å². The number of hydrogen-bond donors (Lipinski definition) is 1. The molecular weight excluding hydrogens is 391 g/mol. The van der Waals surface area contributed by atoms with E-state index in [0.29, 0.717) is 19.4 Å². The lowest BCUT2D eigenvalue weighted by atomic mass is 10.2. The lowest BCUT2D eigenvalue weighted by Gasteiger charge is -2.07. The summed E-state index contributed by atoms with van der Waals surface area (Å²) in [6, 6.07) is 4.92. The van der Waals surface area contributed by atoms with E-state index in [9.17, 15) is 12.8 Å². The highest BCUT2D eigenvalue weighted by Gasteiger charge is 2.52. The first kappa shape index (κ1) is 16.3. The van der Waals surface area contributed by atoms with Gasteiger partial charge in [-0.25, -0.2) is 22.5 Å². The minimum atomic E-state index is -3.49. The van der Waals surface area contributed by atoms with Crippen LogP contribution in [0.25, 0.3) is 10.2 Å². The molecule has 0 radical (unpaired) electrons. The van der Waals surface area contributed by atoms with Crippen molar-refractivity contribution in [2.24, 2.45) is 5.92 Å². The summed E-state index contributed by atoms with van der Waals surface area (Å²) in [5.74, 6) is 0.0813. The molecule has 2 aromatic rings. The van der Waals surface area contributed by atoms with E-state index in [1.165, 1.54) is 11.3 Å². The SMILES string of the molecule is O=S(=O)(NCCCCC1CC1(F)Br)c1ccc2ncsc2c1. The topological polar surface area (TPSA) is 59.1 Å². The summed E-state index contributed by atoms with van der Waals surface area (Å²) in [4.78, 5) is 4.39. The van der Waals surface area contributed by atoms with Crippen molar-refractivity contribution in [3.63, 3.8) is 0 Å². The molecule has 120 valence electrons. The summed E-state index contributed by atoms with van der Waals surface area (Å²) >= 11 is 4.43. The number of rotatable bonds is 7. The second kappa shape index (κ2) is 6.14. The van der Waals surface area contributed by atoms with Crippen LogP contribution in [-0.4, -0.2) is 24.5 Å². The first-order valence-electron chi connectivity index (χ1n) is 7.09. The number of nitrogens with zero attached hydrogens (tertiary/aromatic N) is 1. The third-order valence-electron chi connectivity index (χ3n) is 3.84. The van der Waals surface area contributed by atoms with Gasteiger partial charge in [0.2, 0.25) is 10.0 Å². The summed E-state index contributed by atoms with van der Waals surface area (Å²) in [6.07, 6.45) is 2.88. The van der Waals surface area contributed by atoms with E-state index >= 15 is 0 Å². The number of halogens is 2. The van der Waals surface area contributed by atoms with Gasteiger partial charge in [-0.1, -0.05) is 6.42 Å². The molecule has 1 fully saturated rings. The fraction of sp³-hybridized carbons (Fsp3) is 0.500. The molecule has 0 spiro atoms. The van der Waals surface area contributed by atoms with Gasteiger partial charge in [0.15, 0.2) is 4.58 Å². The maximum Gasteiger partial charge on any atom is 0.240 e. The van der Waals surface area contributed by atoms with Gasteiger partial charge in [-0.15, -0.1) is 11.3 Å². The van der Waals surface area contributed by atoms with Crippen LogP contribution in [0.2, 0.25) is 0 Å². The van der Waals surface area contributed by atoms with Crippen molar-refractivity contribution >= 4 is 47.5 Å². The summed E-state index contributed by atoms with van der Waals surface area (Å²) < 4.78 is 40.0. The predicted octanol–water partition coefficient (Wildman–Crippen LogP) is 3.83. The van der Waals surface area contributed by atoms with Gasteiger partial charge in [-0.2, -0.15) is 0 Å². The second-order valence-electron chi connectivity index (χ2n) is 5.54. The lowest BCUT2D eigenvalue weighted by molar-refractivity contribution is 0.401. The number of sulfonamides is 1. The van der Waals surface area contributed by atoms with Crippen LogP contribution >= 0.6 is 27.3 Å². The standard InChI is InChI=1S/C14H16BrFN2O2S2/c15-14(16)8-10(14)3-1-2-6-18-22(19,20)11-4-5-12-13(7-11)21-9-17-12/h4-5,7,9-10,18H,1-3,6,8H2. The number of fused-ring (bicyclic) bond motifs is 1. The van der Waals surface area contributed by atoms with Gasteiger partial charge < -0.3 is 0 Å². The minimum Gasteiger partial charge on any atom is -0.245 e. The molecule has 1 saturated carbocycles. The number of unbranched alkanes of at least 4 members (excludes halogenated alkanes) is 1. The highest BCUT2D eigenvalue weighted by Crippen LogP contribution is 2.54. The molecule has 2 atom stereocenters. The van der Waals surface area contributed by atoms with E-state index in [1.54, 1.807) is 23.7 Å². The van der Waals surface area contributed by atoms with E-state index in [0.717, 1.165) is 23.1 Å². The number of hydrogen-bond acceptors (Lipinski definition) is 4. The number of alkyl halides is 2. The number of thiazole rings is 1. The second-order valence-corrected chi connectivity index (χ2v) is 9.51. The van der Waals surface area contributed by atoms with E-state index in [-0.39, 0.29) is 10.8 Å². The molecule has 1 N–H and O–H groups in total. The van der Waals surface area contributed by atoms with Crippen LogP contribution in [0.5, 0.6) is 0 Å². The highest BCUT2D eigenvalue weighted by molar-refractivity contribution is 9.10. The summed E-state index contributed by atoms with van der Waals surface area (Å²) in [5, 5.41) is 0. The molecule has 2 unspecified atom stereocenters. The first-order chi connectivity index (χ1) is 10.4. The van der Waals surface area contributed by atoms with Gasteiger partial charge in [-0.05, 0) is 53.4 Å². The van der Waals surface area contributed by atoms with Gasteiger partial charge in [0.05, 0.1) is 20.6 Å². The van der Waals surface area contributed by atoms with Gasteiger partial charge in [0.1, 0.15) is 0 Å². The van der Waals surface area contributed by atoms with Gasteiger partial charge >= 0.3 is 0 Å². The Morgan fingerprint density at radius 3 is 2.95 bits per heavy atom. The molecule has 8 heteroatoms. The molecule has 1 aliphatic carbocycles. The molecule has 0 bridgehead atoms. The van der Waals surface area contributed by atoms with Crippen molar-refractivity contribution in [3.05, 3.63) is 23.7 Å². The van der Waals surface area contributed by atoms with Crippen molar-refractivity contribution in [1.29, 1.82) is 0 Å². The Hall–Kier alpha value is -0.570. The Morgan fingerprint density at radius 1 is 1.45 bits per heavy atom. The van der Waals surface area contributed by atoms with E-state index < -0.39 is 14.6 Å². The molecule has 0 amide bonds. The molecule has 1 aromatic carbocycles. The van der Waals surface area contributed by atoms with E-state index in [2.05, 4.69) is 25.6 Å². The number of benzene rings is 1. The van der Waals surface area contributed by atoms with Crippen molar-refractivity contribution in [1.82, 2.24) is 9.71 Å². The fourth-order valence-corrected chi connectivity index (χ4v) is 4.90. The van der Waals surface area contributed by atoms with Crippen molar-refractivity contribution in [3.8, 4) is 0 Å². The van der Waals surface area contributed by atoms with Crippen LogP contribution in [0.4, 0.5) is 4.39 Å². The average molecular weight is 407 g/mol. The largest absolute Gasteiger partial charge is 0.245 e. The van der Waals surface area contributed by atoms with Crippen molar-refractivity contribution < 1.29 is 12.8 Å². The zero-order valence-corrected chi connectivity index (χ0v) is 15.0. The smallest absolute Gasteiger partial charge is 0.240 e. The van der Waals surface area contributed by atoms with E-state index in [1.807, 2.05) is 0 Å². The number of aromatic nitrogens is 1. The Bertz CT molecular complexity index is 776. The third-order valence-corrected chi connectivity index (χ3v) is 7.06. The first-order valence-corrected chi connectivity index (χ1v) is 10.2. The van der Waals surface area contributed by atoms with Gasteiger partial charge in [-0.3, -0.25) is 0 Å². The third kappa shape index (κ3) is 3.67. The van der Waals surface area contributed by atoms with Crippen LogP contribution in [0.15, 0.2) is 28.6 Å². The van der Waals surface area contributed by atoms with Crippen molar-refractivity contribution in [2.75, 3.05) is 6.54 Å². The maximum absolute atomic E-state index is 13.3. The normalized spacial score (nSPS) is 24.7. The zero-order chi connectivity index (χ0) is 15.8. The molecule has 1 aromatic heterocycles. The quantitative estimate of drug-likeness (QED) is 0.561. The van der Waals surface area contributed by atoms with Crippen molar-refractivity contribution in [2.45, 2.75) is 35.2 Å². The minimum absolute atomic E-state index is 0.0813. The summed E-state index contributed by atoms with van der Waals surface area (Å²) in [5.41, 5.74) is 2.50. The molecule has 1 aliphatic rings. The van der Waals surface area contributed by atoms with E-state index in [4.69, 9.17) is 0 Å². The maximum atomic E-state index is 13.3. The Labute approximate surface area is 141 Å². The zero-order valence-electron chi connectivity index (χ0n) is 11.8.